The van der Waals surface area contributed by atoms with Crippen molar-refractivity contribution >= 4 is 63.0 Å². The summed E-state index contributed by atoms with van der Waals surface area (Å²) in [6.07, 6.45) is 1.55. The number of carbonyl (C=O) groups is 1. The van der Waals surface area contributed by atoms with E-state index in [9.17, 15) is 4.79 Å². The molecular weight excluding hydrogens is 547 g/mol. The number of hydrogen-bond donors (Lipinski definition) is 1. The van der Waals surface area contributed by atoms with E-state index in [-0.39, 0.29) is 11.2 Å². The normalized spacial score (nSPS) is 11.9. The zero-order valence-corrected chi connectivity index (χ0v) is 21.8. The Kier molecular flexibility index (Phi) is 9.50. The van der Waals surface area contributed by atoms with Crippen LogP contribution in [0.25, 0.3) is 0 Å². The number of nitrogens with zero attached hydrogens (tertiary/aromatic N) is 1. The highest BCUT2D eigenvalue weighted by atomic mass is 79.9. The zero-order chi connectivity index (χ0) is 23.8. The number of hydrogen-bond acceptors (Lipinski definition) is 5. The van der Waals surface area contributed by atoms with E-state index in [2.05, 4.69) is 26.5 Å². The molecule has 0 aliphatic carbocycles. The molecule has 0 saturated heterocycles. The lowest BCUT2D eigenvalue weighted by Gasteiger charge is -2.13. The second kappa shape index (κ2) is 12.3. The summed E-state index contributed by atoms with van der Waals surface area (Å²) < 4.78 is 12.1. The standard InChI is InChI=1S/C24H21BrCl2N2O3S/c1-15(33-20-9-7-19(27)8-10-20)24(30)29-28-13-17-11-21(25)23(22(12-17)31-2)32-14-16-3-5-18(26)6-4-16/h3-13,15H,14H2,1-2H3,(H,29,30)/b28-13-/t15-/m1/s1. The van der Waals surface area contributed by atoms with Gasteiger partial charge in [-0.3, -0.25) is 4.79 Å². The first-order chi connectivity index (χ1) is 15.9. The van der Waals surface area contributed by atoms with Crippen molar-refractivity contribution in [2.24, 2.45) is 5.10 Å². The second-order valence-corrected chi connectivity index (χ2v) is 10.0. The molecule has 0 saturated carbocycles. The molecule has 172 valence electrons. The molecule has 33 heavy (non-hydrogen) atoms. The first-order valence-corrected chi connectivity index (χ1v) is 12.3. The minimum atomic E-state index is -0.326. The van der Waals surface area contributed by atoms with Crippen molar-refractivity contribution in [1.29, 1.82) is 0 Å². The zero-order valence-electron chi connectivity index (χ0n) is 17.8. The third-order valence-corrected chi connectivity index (χ3v) is 6.64. The van der Waals surface area contributed by atoms with E-state index in [1.54, 1.807) is 31.5 Å². The molecule has 3 aromatic rings. The van der Waals surface area contributed by atoms with E-state index in [0.717, 1.165) is 16.0 Å². The van der Waals surface area contributed by atoms with Gasteiger partial charge < -0.3 is 9.47 Å². The Morgan fingerprint density at radius 3 is 2.39 bits per heavy atom. The second-order valence-electron chi connectivity index (χ2n) is 6.90. The Hall–Kier alpha value is -2.19. The third-order valence-electron chi connectivity index (χ3n) is 4.43. The number of rotatable bonds is 9. The first kappa shape index (κ1) is 25.4. The average Bonchev–Trinajstić information content (AvgIpc) is 2.80. The molecule has 0 aromatic heterocycles. The smallest absolute Gasteiger partial charge is 0.253 e. The number of nitrogens with one attached hydrogen (secondary N) is 1. The van der Waals surface area contributed by atoms with Crippen LogP contribution in [-0.4, -0.2) is 24.5 Å². The van der Waals surface area contributed by atoms with Gasteiger partial charge in [0.05, 0.1) is 23.0 Å². The van der Waals surface area contributed by atoms with Crippen LogP contribution in [0.15, 0.2) is 75.1 Å². The van der Waals surface area contributed by atoms with Crippen LogP contribution in [0.3, 0.4) is 0 Å². The van der Waals surface area contributed by atoms with Crippen LogP contribution >= 0.6 is 50.9 Å². The van der Waals surface area contributed by atoms with Crippen LogP contribution < -0.4 is 14.9 Å². The summed E-state index contributed by atoms with van der Waals surface area (Å²) in [5.74, 6) is 0.902. The van der Waals surface area contributed by atoms with Gasteiger partial charge in [0.25, 0.3) is 5.91 Å². The quantitative estimate of drug-likeness (QED) is 0.172. The summed E-state index contributed by atoms with van der Waals surface area (Å²) in [5.41, 5.74) is 4.28. The Bertz CT molecular complexity index is 1130. The van der Waals surface area contributed by atoms with Crippen molar-refractivity contribution in [3.05, 3.63) is 86.3 Å². The van der Waals surface area contributed by atoms with Crippen LogP contribution in [0.2, 0.25) is 10.0 Å². The predicted molar refractivity (Wildman–Crippen MR) is 139 cm³/mol. The number of thioether (sulfide) groups is 1. The lowest BCUT2D eigenvalue weighted by Crippen LogP contribution is -2.26. The maximum Gasteiger partial charge on any atom is 0.253 e. The fraction of sp³-hybridized carbons (Fsp3) is 0.167. The van der Waals surface area contributed by atoms with E-state index < -0.39 is 0 Å². The molecule has 1 N–H and O–H groups in total. The number of benzene rings is 3. The number of hydrazone groups is 1. The molecule has 3 rings (SSSR count). The molecule has 0 spiro atoms. The van der Waals surface area contributed by atoms with Crippen molar-refractivity contribution in [3.8, 4) is 11.5 Å². The Morgan fingerprint density at radius 2 is 1.76 bits per heavy atom. The fourth-order valence-electron chi connectivity index (χ4n) is 2.72. The monoisotopic (exact) mass is 566 g/mol. The molecule has 0 bridgehead atoms. The molecule has 0 aliphatic heterocycles. The van der Waals surface area contributed by atoms with Crippen LogP contribution in [-0.2, 0) is 11.4 Å². The lowest BCUT2D eigenvalue weighted by atomic mass is 10.2. The number of amides is 1. The minimum absolute atomic E-state index is 0.208. The van der Waals surface area contributed by atoms with Gasteiger partial charge in [0.15, 0.2) is 11.5 Å². The van der Waals surface area contributed by atoms with Gasteiger partial charge in [-0.1, -0.05) is 35.3 Å². The van der Waals surface area contributed by atoms with Gasteiger partial charge in [-0.15, -0.1) is 11.8 Å². The number of ether oxygens (including phenoxy) is 2. The fourth-order valence-corrected chi connectivity index (χ4v) is 4.41. The largest absolute Gasteiger partial charge is 0.493 e. The molecular formula is C24H21BrCl2N2O3S. The first-order valence-electron chi connectivity index (χ1n) is 9.85. The van der Waals surface area contributed by atoms with Gasteiger partial charge in [0, 0.05) is 14.9 Å². The Labute approximate surface area is 215 Å². The van der Waals surface area contributed by atoms with Crippen molar-refractivity contribution in [2.45, 2.75) is 23.7 Å². The van der Waals surface area contributed by atoms with Crippen molar-refractivity contribution in [3.63, 3.8) is 0 Å². The van der Waals surface area contributed by atoms with Gasteiger partial charge in [-0.05, 0) is 82.5 Å². The predicted octanol–water partition coefficient (Wildman–Crippen LogP) is 6.97. The minimum Gasteiger partial charge on any atom is -0.493 e. The van der Waals surface area contributed by atoms with Crippen molar-refractivity contribution in [1.82, 2.24) is 5.43 Å². The summed E-state index contributed by atoms with van der Waals surface area (Å²) >= 11 is 16.8. The van der Waals surface area contributed by atoms with Crippen LogP contribution in [0, 0.1) is 0 Å². The third kappa shape index (κ3) is 7.67. The molecule has 0 aliphatic rings. The van der Waals surface area contributed by atoms with Gasteiger partial charge in [0.2, 0.25) is 0 Å². The highest BCUT2D eigenvalue weighted by Crippen LogP contribution is 2.37. The molecule has 1 atom stereocenters. The summed E-state index contributed by atoms with van der Waals surface area (Å²) in [5, 5.41) is 5.08. The maximum absolute atomic E-state index is 12.4. The van der Waals surface area contributed by atoms with Crippen molar-refractivity contribution < 1.29 is 14.3 Å². The number of carbonyl (C=O) groups excluding carboxylic acids is 1. The average molecular weight is 568 g/mol. The van der Waals surface area contributed by atoms with Gasteiger partial charge in [0.1, 0.15) is 6.61 Å². The summed E-state index contributed by atoms with van der Waals surface area (Å²) in [4.78, 5) is 13.3. The molecule has 0 unspecified atom stereocenters. The van der Waals surface area contributed by atoms with Crippen molar-refractivity contribution in [2.75, 3.05) is 7.11 Å². The molecule has 1 amide bonds. The molecule has 0 radical (unpaired) electrons. The van der Waals surface area contributed by atoms with E-state index in [1.807, 2.05) is 49.4 Å². The van der Waals surface area contributed by atoms with E-state index in [4.69, 9.17) is 32.7 Å². The van der Waals surface area contributed by atoms with E-state index >= 15 is 0 Å². The summed E-state index contributed by atoms with van der Waals surface area (Å²) in [6.45, 7) is 2.18. The molecule has 0 fully saturated rings. The van der Waals surface area contributed by atoms with Crippen LogP contribution in [0.4, 0.5) is 0 Å². The summed E-state index contributed by atoms with van der Waals surface area (Å²) in [6, 6.07) is 18.4. The Morgan fingerprint density at radius 1 is 1.12 bits per heavy atom. The van der Waals surface area contributed by atoms with Gasteiger partial charge in [-0.25, -0.2) is 5.43 Å². The Balaban J connectivity index is 1.60. The molecule has 0 heterocycles. The van der Waals surface area contributed by atoms with Crippen LogP contribution in [0.1, 0.15) is 18.1 Å². The van der Waals surface area contributed by atoms with Gasteiger partial charge >= 0.3 is 0 Å². The highest BCUT2D eigenvalue weighted by Gasteiger charge is 2.14. The molecule has 3 aromatic carbocycles. The van der Waals surface area contributed by atoms with Crippen LogP contribution in [0.5, 0.6) is 11.5 Å². The maximum atomic E-state index is 12.4. The molecule has 9 heteroatoms. The topological polar surface area (TPSA) is 59.9 Å². The molecule has 5 nitrogen and oxygen atoms in total. The summed E-state index contributed by atoms with van der Waals surface area (Å²) in [7, 11) is 1.56. The van der Waals surface area contributed by atoms with Gasteiger partial charge in [-0.2, -0.15) is 5.10 Å². The van der Waals surface area contributed by atoms with E-state index in [1.165, 1.54) is 11.8 Å². The van der Waals surface area contributed by atoms with E-state index in [0.29, 0.717) is 32.6 Å². The SMILES string of the molecule is COc1cc(/C=N\NC(=O)[C@@H](C)Sc2ccc(Cl)cc2)cc(Br)c1OCc1ccc(Cl)cc1. The lowest BCUT2D eigenvalue weighted by molar-refractivity contribution is -0.120. The number of methoxy groups -OCH3 is 1. The number of halogens is 3. The highest BCUT2D eigenvalue weighted by molar-refractivity contribution is 9.10.